The van der Waals surface area contributed by atoms with E-state index >= 15 is 0 Å². The Morgan fingerprint density at radius 3 is 2.29 bits per heavy atom. The van der Waals surface area contributed by atoms with Crippen LogP contribution in [0.3, 0.4) is 0 Å². The molecular formula is C35H44N2O4. The minimum atomic E-state index is -1.01. The average molecular weight is 557 g/mol. The standard InChI is InChI=1S/C35H44N2O4/c1-6-37-32(36-30(33(37)38)14-8-10-24-16-19-28(20-17-24)35(2,3)4)15-9-12-25-11-7-13-26(22-25)27-18-21-31(41-5)29(23-27)34(39)40/h7,11,13,16-23,30,33,38H,6,8-10,12,14-15H2,1-5H3,(H,39,40). The lowest BCUT2D eigenvalue weighted by molar-refractivity contribution is 0.0469. The van der Waals surface area contributed by atoms with Gasteiger partial charge >= 0.3 is 5.97 Å². The van der Waals surface area contributed by atoms with Gasteiger partial charge < -0.3 is 19.8 Å². The van der Waals surface area contributed by atoms with Gasteiger partial charge in [-0.1, -0.05) is 75.4 Å². The van der Waals surface area contributed by atoms with Gasteiger partial charge in [0.15, 0.2) is 0 Å². The molecule has 218 valence electrons. The minimum Gasteiger partial charge on any atom is -0.496 e. The van der Waals surface area contributed by atoms with Crippen molar-refractivity contribution in [3.63, 3.8) is 0 Å². The number of hydrogen-bond acceptors (Lipinski definition) is 5. The van der Waals surface area contributed by atoms with Crippen molar-refractivity contribution in [1.29, 1.82) is 0 Å². The first-order valence-electron chi connectivity index (χ1n) is 14.7. The van der Waals surface area contributed by atoms with E-state index in [0.717, 1.165) is 62.0 Å². The van der Waals surface area contributed by atoms with Gasteiger partial charge in [0, 0.05) is 13.0 Å². The van der Waals surface area contributed by atoms with Crippen LogP contribution in [0, 0.1) is 0 Å². The SMILES string of the molecule is CCN1C(CCCc2cccc(-c3ccc(OC)c(C(=O)O)c3)c2)=NC(CCCc2ccc(C(C)(C)C)cc2)C1O. The molecule has 1 heterocycles. The lowest BCUT2D eigenvalue weighted by Crippen LogP contribution is -2.39. The molecule has 0 saturated carbocycles. The van der Waals surface area contributed by atoms with Crippen molar-refractivity contribution in [2.24, 2.45) is 4.99 Å². The molecule has 3 aromatic carbocycles. The molecule has 6 nitrogen and oxygen atoms in total. The lowest BCUT2D eigenvalue weighted by Gasteiger charge is -2.25. The number of amidine groups is 1. The predicted molar refractivity (Wildman–Crippen MR) is 166 cm³/mol. The molecule has 0 radical (unpaired) electrons. The second-order valence-corrected chi connectivity index (χ2v) is 11.9. The van der Waals surface area contributed by atoms with Crippen molar-refractivity contribution in [3.8, 4) is 16.9 Å². The molecule has 6 heteroatoms. The Morgan fingerprint density at radius 1 is 0.927 bits per heavy atom. The van der Waals surface area contributed by atoms with Gasteiger partial charge in [-0.3, -0.25) is 4.99 Å². The smallest absolute Gasteiger partial charge is 0.339 e. The number of hydrogen-bond donors (Lipinski definition) is 2. The fourth-order valence-corrected chi connectivity index (χ4v) is 5.58. The second kappa shape index (κ2) is 13.3. The van der Waals surface area contributed by atoms with Crippen molar-refractivity contribution in [1.82, 2.24) is 4.90 Å². The van der Waals surface area contributed by atoms with Gasteiger partial charge in [0.05, 0.1) is 13.2 Å². The number of aliphatic hydroxyl groups excluding tert-OH is 1. The number of likely N-dealkylation sites (N-methyl/N-ethyl adjacent to an activating group) is 1. The van der Waals surface area contributed by atoms with Crippen molar-refractivity contribution in [2.45, 2.75) is 83.9 Å². The summed E-state index contributed by atoms with van der Waals surface area (Å²) in [7, 11) is 1.48. The lowest BCUT2D eigenvalue weighted by atomic mass is 9.86. The van der Waals surface area contributed by atoms with Crippen LogP contribution in [0.2, 0.25) is 0 Å². The van der Waals surface area contributed by atoms with Gasteiger partial charge in [-0.2, -0.15) is 0 Å². The molecule has 0 bridgehead atoms. The Morgan fingerprint density at radius 2 is 1.63 bits per heavy atom. The quantitative estimate of drug-likeness (QED) is 0.248. The Bertz CT molecular complexity index is 1360. The molecule has 0 fully saturated rings. The van der Waals surface area contributed by atoms with Gasteiger partial charge in [0.1, 0.15) is 23.4 Å². The Labute approximate surface area is 244 Å². The van der Waals surface area contributed by atoms with Crippen LogP contribution < -0.4 is 4.74 Å². The van der Waals surface area contributed by atoms with Crippen LogP contribution in [0.15, 0.2) is 71.7 Å². The van der Waals surface area contributed by atoms with Gasteiger partial charge in [-0.05, 0) is 84.4 Å². The van der Waals surface area contributed by atoms with Crippen LogP contribution in [0.25, 0.3) is 11.1 Å². The van der Waals surface area contributed by atoms with Crippen LogP contribution in [-0.4, -0.2) is 52.8 Å². The molecule has 0 amide bonds. The second-order valence-electron chi connectivity index (χ2n) is 11.9. The number of carboxylic acids is 1. The van der Waals surface area contributed by atoms with Crippen molar-refractivity contribution >= 4 is 11.8 Å². The van der Waals surface area contributed by atoms with E-state index in [4.69, 9.17) is 9.73 Å². The van der Waals surface area contributed by atoms with Gasteiger partial charge in [-0.25, -0.2) is 4.79 Å². The molecule has 1 aliphatic heterocycles. The van der Waals surface area contributed by atoms with E-state index in [1.54, 1.807) is 12.1 Å². The molecular weight excluding hydrogens is 512 g/mol. The molecule has 3 aromatic rings. The monoisotopic (exact) mass is 556 g/mol. The summed E-state index contributed by atoms with van der Waals surface area (Å²) in [6, 6.07) is 22.3. The fraction of sp³-hybridized carbons (Fsp3) is 0.429. The Kier molecular flexibility index (Phi) is 9.87. The zero-order valence-electron chi connectivity index (χ0n) is 25.1. The number of carbonyl (C=O) groups is 1. The summed E-state index contributed by atoms with van der Waals surface area (Å²) < 4.78 is 5.20. The van der Waals surface area contributed by atoms with E-state index in [2.05, 4.69) is 64.1 Å². The van der Waals surface area contributed by atoms with E-state index in [1.165, 1.54) is 23.8 Å². The molecule has 2 N–H and O–H groups in total. The molecule has 41 heavy (non-hydrogen) atoms. The van der Waals surface area contributed by atoms with Gasteiger partial charge in [0.2, 0.25) is 0 Å². The molecule has 0 saturated heterocycles. The predicted octanol–water partition coefficient (Wildman–Crippen LogP) is 7.12. The maximum absolute atomic E-state index is 11.6. The normalized spacial score (nSPS) is 17.0. The number of aromatic carboxylic acids is 1. The summed E-state index contributed by atoms with van der Waals surface area (Å²) in [5.74, 6) is 0.343. The van der Waals surface area contributed by atoms with Crippen molar-refractivity contribution < 1.29 is 19.7 Å². The number of rotatable bonds is 12. The zero-order valence-corrected chi connectivity index (χ0v) is 25.1. The largest absolute Gasteiger partial charge is 0.496 e. The number of methoxy groups -OCH3 is 1. The molecule has 2 unspecified atom stereocenters. The first-order valence-corrected chi connectivity index (χ1v) is 14.7. The van der Waals surface area contributed by atoms with Gasteiger partial charge in [0.25, 0.3) is 0 Å². The third-order valence-electron chi connectivity index (χ3n) is 7.99. The van der Waals surface area contributed by atoms with Crippen LogP contribution >= 0.6 is 0 Å². The Hall–Kier alpha value is -3.64. The summed E-state index contributed by atoms with van der Waals surface area (Å²) in [4.78, 5) is 18.7. The van der Waals surface area contributed by atoms with Crippen molar-refractivity contribution in [3.05, 3.63) is 89.0 Å². The summed E-state index contributed by atoms with van der Waals surface area (Å²) in [5, 5.41) is 20.5. The topological polar surface area (TPSA) is 82.4 Å². The number of aliphatic hydroxyl groups is 1. The van der Waals surface area contributed by atoms with Gasteiger partial charge in [-0.15, -0.1) is 0 Å². The maximum Gasteiger partial charge on any atom is 0.339 e. The number of benzene rings is 3. The highest BCUT2D eigenvalue weighted by Crippen LogP contribution is 2.29. The molecule has 0 aromatic heterocycles. The van der Waals surface area contributed by atoms with E-state index in [9.17, 15) is 15.0 Å². The van der Waals surface area contributed by atoms with Crippen LogP contribution in [0.1, 0.15) is 80.4 Å². The maximum atomic E-state index is 11.6. The minimum absolute atomic E-state index is 0.0828. The molecule has 0 spiro atoms. The Balaban J connectivity index is 1.33. The molecule has 1 aliphatic rings. The number of aryl methyl sites for hydroxylation is 2. The fourth-order valence-electron chi connectivity index (χ4n) is 5.58. The summed E-state index contributed by atoms with van der Waals surface area (Å²) in [6.07, 6.45) is 4.89. The van der Waals surface area contributed by atoms with E-state index in [0.29, 0.717) is 5.75 Å². The summed E-state index contributed by atoms with van der Waals surface area (Å²) in [6.45, 7) is 9.51. The van der Waals surface area contributed by atoms with E-state index in [-0.39, 0.29) is 17.0 Å². The summed E-state index contributed by atoms with van der Waals surface area (Å²) >= 11 is 0. The molecule has 0 aliphatic carbocycles. The van der Waals surface area contributed by atoms with Crippen LogP contribution in [-0.2, 0) is 18.3 Å². The van der Waals surface area contributed by atoms with E-state index < -0.39 is 12.2 Å². The number of carboxylic acid groups (broad SMARTS) is 1. The first kappa shape index (κ1) is 30.3. The highest BCUT2D eigenvalue weighted by atomic mass is 16.5. The number of ether oxygens (including phenoxy) is 1. The molecule has 4 rings (SSSR count). The zero-order chi connectivity index (χ0) is 29.6. The first-order chi connectivity index (χ1) is 19.6. The third kappa shape index (κ3) is 7.56. The average Bonchev–Trinajstić information content (AvgIpc) is 3.26. The third-order valence-corrected chi connectivity index (χ3v) is 7.99. The van der Waals surface area contributed by atoms with Crippen LogP contribution in [0.5, 0.6) is 5.75 Å². The highest BCUT2D eigenvalue weighted by molar-refractivity contribution is 5.92. The number of aliphatic imine (C=N–C) groups is 1. The van der Waals surface area contributed by atoms with Crippen molar-refractivity contribution in [2.75, 3.05) is 13.7 Å². The van der Waals surface area contributed by atoms with Crippen LogP contribution in [0.4, 0.5) is 0 Å². The molecule has 2 atom stereocenters. The van der Waals surface area contributed by atoms with E-state index in [1.807, 2.05) is 23.1 Å². The number of nitrogens with zero attached hydrogens (tertiary/aromatic N) is 2. The highest BCUT2D eigenvalue weighted by Gasteiger charge is 2.32. The summed E-state index contributed by atoms with van der Waals surface area (Å²) in [5.41, 5.74) is 6.00.